The van der Waals surface area contributed by atoms with Crippen LogP contribution in [0.15, 0.2) is 29.2 Å². The van der Waals surface area contributed by atoms with E-state index >= 15 is 0 Å². The summed E-state index contributed by atoms with van der Waals surface area (Å²) >= 11 is 0.635. The first-order chi connectivity index (χ1) is 8.83. The quantitative estimate of drug-likeness (QED) is 0.820. The van der Waals surface area contributed by atoms with E-state index in [2.05, 4.69) is 5.32 Å². The number of para-hydroxylation sites is 1. The number of halogens is 3. The number of carbonyl (C=O) groups is 1. The first kappa shape index (κ1) is 15.8. The normalized spacial score (nSPS) is 13.1. The molecule has 3 N–H and O–H groups in total. The Morgan fingerprint density at radius 2 is 2.05 bits per heavy atom. The number of hydrogen-bond donors (Lipinski definition) is 2. The van der Waals surface area contributed by atoms with Crippen molar-refractivity contribution in [2.24, 2.45) is 5.73 Å². The van der Waals surface area contributed by atoms with Gasteiger partial charge in [0.25, 0.3) is 0 Å². The fourth-order valence-electron chi connectivity index (χ4n) is 1.27. The highest BCUT2D eigenvalue weighted by Gasteiger charge is 2.27. The van der Waals surface area contributed by atoms with Gasteiger partial charge in [-0.25, -0.2) is 0 Å². The Balaban J connectivity index is 2.76. The maximum absolute atomic E-state index is 12.2. The zero-order valence-electron chi connectivity index (χ0n) is 10.3. The molecule has 0 saturated carbocycles. The summed E-state index contributed by atoms with van der Waals surface area (Å²) in [5, 5.41) is 2.55. The number of hydrogen-bond acceptors (Lipinski definition) is 3. The van der Waals surface area contributed by atoms with E-state index in [1.54, 1.807) is 25.1 Å². The van der Waals surface area contributed by atoms with Crippen LogP contribution in [0.1, 0.15) is 13.3 Å². The SMILES string of the molecule is CC[C@H](N)C(=O)Nc1ccccc1SCC(F)(F)F. The van der Waals surface area contributed by atoms with Gasteiger partial charge in [-0.1, -0.05) is 19.1 Å². The Morgan fingerprint density at radius 3 is 2.63 bits per heavy atom. The second-order valence-electron chi connectivity index (χ2n) is 3.90. The molecule has 1 rings (SSSR count). The average molecular weight is 292 g/mol. The van der Waals surface area contributed by atoms with Crippen LogP contribution in [0, 0.1) is 0 Å². The van der Waals surface area contributed by atoms with Gasteiger partial charge in [0.15, 0.2) is 0 Å². The number of thioether (sulfide) groups is 1. The molecule has 1 amide bonds. The Bertz CT molecular complexity index is 437. The van der Waals surface area contributed by atoms with E-state index < -0.39 is 23.9 Å². The van der Waals surface area contributed by atoms with E-state index in [1.165, 1.54) is 6.07 Å². The summed E-state index contributed by atoms with van der Waals surface area (Å²) in [6.45, 7) is 1.76. The van der Waals surface area contributed by atoms with Gasteiger partial charge in [-0.2, -0.15) is 13.2 Å². The Labute approximate surface area is 113 Å². The minimum absolute atomic E-state index is 0.352. The summed E-state index contributed by atoms with van der Waals surface area (Å²) in [5.74, 6) is -1.40. The van der Waals surface area contributed by atoms with Gasteiger partial charge in [-0.05, 0) is 18.6 Å². The minimum Gasteiger partial charge on any atom is -0.324 e. The first-order valence-electron chi connectivity index (χ1n) is 5.68. The molecule has 106 valence electrons. The third kappa shape index (κ3) is 5.52. The molecular formula is C12H15F3N2OS. The largest absolute Gasteiger partial charge is 0.398 e. The lowest BCUT2D eigenvalue weighted by molar-refractivity contribution is -0.117. The summed E-state index contributed by atoms with van der Waals surface area (Å²) in [4.78, 5) is 12.0. The molecule has 0 aliphatic heterocycles. The second kappa shape index (κ2) is 6.81. The van der Waals surface area contributed by atoms with E-state index in [9.17, 15) is 18.0 Å². The zero-order chi connectivity index (χ0) is 14.5. The van der Waals surface area contributed by atoms with Crippen molar-refractivity contribution in [1.29, 1.82) is 0 Å². The molecule has 0 unspecified atom stereocenters. The van der Waals surface area contributed by atoms with Crippen molar-refractivity contribution < 1.29 is 18.0 Å². The third-order valence-electron chi connectivity index (χ3n) is 2.31. The molecule has 1 aromatic carbocycles. The van der Waals surface area contributed by atoms with Crippen LogP contribution in [0.4, 0.5) is 18.9 Å². The molecule has 19 heavy (non-hydrogen) atoms. The van der Waals surface area contributed by atoms with Crippen LogP contribution < -0.4 is 11.1 Å². The molecule has 0 bridgehead atoms. The van der Waals surface area contributed by atoms with Crippen LogP contribution in [-0.2, 0) is 4.79 Å². The number of amides is 1. The number of rotatable bonds is 5. The van der Waals surface area contributed by atoms with Crippen molar-refractivity contribution in [2.75, 3.05) is 11.1 Å². The van der Waals surface area contributed by atoms with Crippen molar-refractivity contribution in [3.05, 3.63) is 24.3 Å². The van der Waals surface area contributed by atoms with Gasteiger partial charge < -0.3 is 11.1 Å². The lowest BCUT2D eigenvalue weighted by Gasteiger charge is -2.14. The molecule has 0 saturated heterocycles. The minimum atomic E-state index is -4.25. The van der Waals surface area contributed by atoms with Gasteiger partial charge in [0.2, 0.25) is 5.91 Å². The lowest BCUT2D eigenvalue weighted by Crippen LogP contribution is -2.34. The van der Waals surface area contributed by atoms with Crippen molar-refractivity contribution in [1.82, 2.24) is 0 Å². The molecule has 1 aromatic rings. The van der Waals surface area contributed by atoms with Gasteiger partial charge in [0, 0.05) is 4.90 Å². The highest BCUT2D eigenvalue weighted by atomic mass is 32.2. The van der Waals surface area contributed by atoms with E-state index in [-0.39, 0.29) is 0 Å². The maximum Gasteiger partial charge on any atom is 0.398 e. The van der Waals surface area contributed by atoms with Crippen molar-refractivity contribution in [3.63, 3.8) is 0 Å². The number of nitrogens with one attached hydrogen (secondary N) is 1. The molecule has 0 aliphatic rings. The molecule has 3 nitrogen and oxygen atoms in total. The molecule has 0 aliphatic carbocycles. The highest BCUT2D eigenvalue weighted by molar-refractivity contribution is 7.99. The standard InChI is InChI=1S/C12H15F3N2OS/c1-2-8(16)11(18)17-9-5-3-4-6-10(9)19-7-12(13,14)15/h3-6,8H,2,7,16H2,1H3,(H,17,18)/t8-/m0/s1. The Hall–Kier alpha value is -1.21. The summed E-state index contributed by atoms with van der Waals surface area (Å²) in [7, 11) is 0. The second-order valence-corrected chi connectivity index (χ2v) is 4.92. The topological polar surface area (TPSA) is 55.1 Å². The summed E-state index contributed by atoms with van der Waals surface area (Å²) < 4.78 is 36.6. The van der Waals surface area contributed by atoms with Gasteiger partial charge in [0.05, 0.1) is 17.5 Å². The van der Waals surface area contributed by atoms with E-state index in [4.69, 9.17) is 5.73 Å². The van der Waals surface area contributed by atoms with Crippen LogP contribution in [-0.4, -0.2) is 23.9 Å². The number of alkyl halides is 3. The van der Waals surface area contributed by atoms with Crippen molar-refractivity contribution in [2.45, 2.75) is 30.5 Å². The van der Waals surface area contributed by atoms with Crippen molar-refractivity contribution in [3.8, 4) is 0 Å². The highest BCUT2D eigenvalue weighted by Crippen LogP contribution is 2.32. The summed E-state index contributed by atoms with van der Waals surface area (Å²) in [5.41, 5.74) is 5.91. The molecule has 1 atom stereocenters. The number of nitrogens with two attached hydrogens (primary N) is 1. The predicted octanol–water partition coefficient (Wildman–Crippen LogP) is 3.02. The Morgan fingerprint density at radius 1 is 1.42 bits per heavy atom. The van der Waals surface area contributed by atoms with Gasteiger partial charge >= 0.3 is 6.18 Å². The van der Waals surface area contributed by atoms with Crippen LogP contribution in [0.2, 0.25) is 0 Å². The number of anilines is 1. The lowest BCUT2D eigenvalue weighted by atomic mass is 10.2. The van der Waals surface area contributed by atoms with Crippen molar-refractivity contribution >= 4 is 23.4 Å². The molecule has 0 heterocycles. The zero-order valence-corrected chi connectivity index (χ0v) is 11.1. The smallest absolute Gasteiger partial charge is 0.324 e. The summed E-state index contributed by atoms with van der Waals surface area (Å²) in [6.07, 6.45) is -3.79. The first-order valence-corrected chi connectivity index (χ1v) is 6.67. The van der Waals surface area contributed by atoms with E-state index in [1.807, 2.05) is 0 Å². The number of carbonyl (C=O) groups excluding carboxylic acids is 1. The van der Waals surface area contributed by atoms with E-state index in [0.29, 0.717) is 28.8 Å². The van der Waals surface area contributed by atoms with Crippen LogP contribution in [0.25, 0.3) is 0 Å². The fraction of sp³-hybridized carbons (Fsp3) is 0.417. The van der Waals surface area contributed by atoms with Gasteiger partial charge in [-0.3, -0.25) is 4.79 Å². The predicted molar refractivity (Wildman–Crippen MR) is 70.1 cm³/mol. The number of benzene rings is 1. The van der Waals surface area contributed by atoms with Crippen LogP contribution in [0.3, 0.4) is 0 Å². The monoisotopic (exact) mass is 292 g/mol. The van der Waals surface area contributed by atoms with Crippen LogP contribution >= 0.6 is 11.8 Å². The molecule has 0 aromatic heterocycles. The average Bonchev–Trinajstić information content (AvgIpc) is 2.35. The van der Waals surface area contributed by atoms with Gasteiger partial charge in [-0.15, -0.1) is 11.8 Å². The molecular weight excluding hydrogens is 277 g/mol. The maximum atomic E-state index is 12.2. The molecule has 0 fully saturated rings. The molecule has 0 radical (unpaired) electrons. The fourth-order valence-corrected chi connectivity index (χ4v) is 2.03. The Kier molecular flexibility index (Phi) is 5.68. The van der Waals surface area contributed by atoms with Gasteiger partial charge in [0.1, 0.15) is 0 Å². The summed E-state index contributed by atoms with van der Waals surface area (Å²) in [6, 6.07) is 5.68. The van der Waals surface area contributed by atoms with Crippen LogP contribution in [0.5, 0.6) is 0 Å². The van der Waals surface area contributed by atoms with E-state index in [0.717, 1.165) is 0 Å². The molecule has 7 heteroatoms. The molecule has 0 spiro atoms. The third-order valence-corrected chi connectivity index (χ3v) is 3.45.